The van der Waals surface area contributed by atoms with Gasteiger partial charge in [-0.3, -0.25) is 4.40 Å². The first-order valence-corrected chi connectivity index (χ1v) is 7.37. The van der Waals surface area contributed by atoms with E-state index in [1.807, 2.05) is 12.4 Å². The maximum absolute atomic E-state index is 4.35. The van der Waals surface area contributed by atoms with Crippen molar-refractivity contribution in [2.45, 2.75) is 34.2 Å². The predicted octanol–water partition coefficient (Wildman–Crippen LogP) is 3.26. The third kappa shape index (κ3) is 3.34. The number of nitrogens with one attached hydrogen (secondary N) is 1. The van der Waals surface area contributed by atoms with Gasteiger partial charge < -0.3 is 5.32 Å². The van der Waals surface area contributed by atoms with E-state index in [1.54, 1.807) is 6.20 Å². The number of imidazole rings is 1. The first-order valence-electron chi connectivity index (χ1n) is 6.58. The number of hydrogen-bond donors (Lipinski definition) is 1. The molecule has 0 saturated heterocycles. The van der Waals surface area contributed by atoms with Crippen molar-refractivity contribution in [1.29, 1.82) is 0 Å². The van der Waals surface area contributed by atoms with Crippen molar-refractivity contribution in [3.8, 4) is 0 Å². The fourth-order valence-electron chi connectivity index (χ4n) is 1.76. The first kappa shape index (κ1) is 14.5. The number of fused-ring (bicyclic) bond motifs is 1. The van der Waals surface area contributed by atoms with E-state index in [0.717, 1.165) is 29.0 Å². The van der Waals surface area contributed by atoms with Crippen molar-refractivity contribution in [2.75, 3.05) is 6.54 Å². The van der Waals surface area contributed by atoms with E-state index < -0.39 is 0 Å². The molecule has 104 valence electrons. The van der Waals surface area contributed by atoms with E-state index in [4.69, 9.17) is 0 Å². The molecule has 0 aliphatic rings. The van der Waals surface area contributed by atoms with Crippen LogP contribution in [0.5, 0.6) is 0 Å². The molecule has 0 aliphatic heterocycles. The summed E-state index contributed by atoms with van der Waals surface area (Å²) >= 11 is 3.39. The van der Waals surface area contributed by atoms with Gasteiger partial charge in [0.2, 0.25) is 0 Å². The third-order valence-electron chi connectivity index (χ3n) is 3.89. The van der Waals surface area contributed by atoms with E-state index in [9.17, 15) is 0 Å². The number of hydrogen-bond acceptors (Lipinski definition) is 3. The Bertz CT molecular complexity index is 560. The molecule has 0 atom stereocenters. The average Bonchev–Trinajstić information content (AvgIpc) is 2.71. The van der Waals surface area contributed by atoms with Crippen LogP contribution in [0.1, 0.15) is 33.4 Å². The molecule has 4 nitrogen and oxygen atoms in total. The van der Waals surface area contributed by atoms with Crippen molar-refractivity contribution < 1.29 is 0 Å². The van der Waals surface area contributed by atoms with Gasteiger partial charge in [0, 0.05) is 19.3 Å². The lowest BCUT2D eigenvalue weighted by atomic mass is 9.81. The van der Waals surface area contributed by atoms with Crippen molar-refractivity contribution in [2.24, 2.45) is 11.3 Å². The number of aromatic nitrogens is 3. The van der Waals surface area contributed by atoms with Crippen molar-refractivity contribution in [3.63, 3.8) is 0 Å². The fourth-order valence-corrected chi connectivity index (χ4v) is 2.07. The van der Waals surface area contributed by atoms with Crippen LogP contribution in [0, 0.1) is 11.3 Å². The minimum absolute atomic E-state index is 0.294. The molecule has 0 unspecified atom stereocenters. The summed E-state index contributed by atoms with van der Waals surface area (Å²) in [5.74, 6) is 0.653. The molecule has 2 aromatic heterocycles. The minimum Gasteiger partial charge on any atom is -0.311 e. The van der Waals surface area contributed by atoms with Crippen molar-refractivity contribution >= 4 is 21.6 Å². The van der Waals surface area contributed by atoms with Gasteiger partial charge in [-0.1, -0.05) is 27.7 Å². The minimum atomic E-state index is 0.294. The molecule has 2 rings (SSSR count). The Morgan fingerprint density at radius 2 is 2.05 bits per heavy atom. The largest absolute Gasteiger partial charge is 0.311 e. The van der Waals surface area contributed by atoms with Crippen LogP contribution in [0.4, 0.5) is 0 Å². The molecule has 0 fully saturated rings. The molecular weight excluding hydrogens is 304 g/mol. The zero-order chi connectivity index (χ0) is 14.0. The Labute approximate surface area is 122 Å². The Morgan fingerprint density at radius 1 is 1.32 bits per heavy atom. The van der Waals surface area contributed by atoms with Crippen LogP contribution >= 0.6 is 15.9 Å². The number of halogens is 1. The summed E-state index contributed by atoms with van der Waals surface area (Å²) in [5.41, 5.74) is 2.32. The van der Waals surface area contributed by atoms with Gasteiger partial charge in [0.15, 0.2) is 5.65 Å². The topological polar surface area (TPSA) is 42.2 Å². The molecule has 19 heavy (non-hydrogen) atoms. The van der Waals surface area contributed by atoms with Crippen LogP contribution in [-0.4, -0.2) is 20.9 Å². The van der Waals surface area contributed by atoms with Gasteiger partial charge in [-0.2, -0.15) is 0 Å². The van der Waals surface area contributed by atoms with Gasteiger partial charge in [-0.05, 0) is 27.3 Å². The average molecular weight is 325 g/mol. The second-order valence-corrected chi connectivity index (χ2v) is 6.75. The molecule has 0 radical (unpaired) electrons. The van der Waals surface area contributed by atoms with Crippen molar-refractivity contribution in [3.05, 3.63) is 28.9 Å². The molecule has 0 saturated carbocycles. The maximum atomic E-state index is 4.35. The van der Waals surface area contributed by atoms with Gasteiger partial charge in [0.25, 0.3) is 0 Å². The lowest BCUT2D eigenvalue weighted by Gasteiger charge is -2.29. The number of rotatable bonds is 5. The predicted molar refractivity (Wildman–Crippen MR) is 81.0 cm³/mol. The molecular formula is C14H21BrN4. The van der Waals surface area contributed by atoms with Crippen LogP contribution in [-0.2, 0) is 6.54 Å². The van der Waals surface area contributed by atoms with Crippen LogP contribution in [0.2, 0.25) is 0 Å². The van der Waals surface area contributed by atoms with E-state index in [0.29, 0.717) is 11.3 Å². The summed E-state index contributed by atoms with van der Waals surface area (Å²) in [5, 5.41) is 3.52. The maximum Gasteiger partial charge on any atom is 0.155 e. The lowest BCUT2D eigenvalue weighted by molar-refractivity contribution is 0.237. The molecule has 1 N–H and O–H groups in total. The van der Waals surface area contributed by atoms with Gasteiger partial charge in [0.1, 0.15) is 4.60 Å². The van der Waals surface area contributed by atoms with Crippen LogP contribution in [0.25, 0.3) is 5.65 Å². The summed E-state index contributed by atoms with van der Waals surface area (Å²) in [6, 6.07) is 0. The summed E-state index contributed by atoms with van der Waals surface area (Å²) in [6.45, 7) is 10.9. The van der Waals surface area contributed by atoms with E-state index in [2.05, 4.69) is 63.3 Å². The highest BCUT2D eigenvalue weighted by Crippen LogP contribution is 2.24. The second-order valence-electron chi connectivity index (χ2n) is 5.93. The summed E-state index contributed by atoms with van der Waals surface area (Å²) in [7, 11) is 0. The highest BCUT2D eigenvalue weighted by Gasteiger charge is 2.21. The Hall–Kier alpha value is -0.940. The van der Waals surface area contributed by atoms with Gasteiger partial charge in [-0.25, -0.2) is 9.97 Å². The molecule has 2 heterocycles. The van der Waals surface area contributed by atoms with E-state index in [-0.39, 0.29) is 0 Å². The SMILES string of the molecule is CC(C)C(C)(C)CNCc1cnc2cnc(Br)cn12. The van der Waals surface area contributed by atoms with E-state index >= 15 is 0 Å². The van der Waals surface area contributed by atoms with Gasteiger partial charge in [-0.15, -0.1) is 0 Å². The normalized spacial score (nSPS) is 12.5. The summed E-state index contributed by atoms with van der Waals surface area (Å²) in [4.78, 5) is 8.53. The zero-order valence-corrected chi connectivity index (χ0v) is 13.5. The first-order chi connectivity index (χ1) is 8.90. The molecule has 0 bridgehead atoms. The summed E-state index contributed by atoms with van der Waals surface area (Å²) < 4.78 is 2.88. The highest BCUT2D eigenvalue weighted by atomic mass is 79.9. The standard InChI is InChI=1S/C14H21BrN4/c1-10(2)14(3,4)9-16-5-11-6-18-13-7-17-12(15)8-19(11)13/h6-8,10,16H,5,9H2,1-4H3. The van der Waals surface area contributed by atoms with Crippen LogP contribution < -0.4 is 5.32 Å². The quantitative estimate of drug-likeness (QED) is 0.917. The highest BCUT2D eigenvalue weighted by molar-refractivity contribution is 9.10. The zero-order valence-electron chi connectivity index (χ0n) is 11.9. The second kappa shape index (κ2) is 5.59. The molecule has 0 amide bonds. The molecule has 2 aromatic rings. The molecule has 0 aliphatic carbocycles. The monoisotopic (exact) mass is 324 g/mol. The molecule has 5 heteroatoms. The number of nitrogens with zero attached hydrogens (tertiary/aromatic N) is 3. The Morgan fingerprint density at radius 3 is 2.74 bits per heavy atom. The molecule has 0 spiro atoms. The Kier molecular flexibility index (Phi) is 4.26. The van der Waals surface area contributed by atoms with Crippen molar-refractivity contribution in [1.82, 2.24) is 19.7 Å². The van der Waals surface area contributed by atoms with Gasteiger partial charge >= 0.3 is 0 Å². The van der Waals surface area contributed by atoms with E-state index in [1.165, 1.54) is 0 Å². The fraction of sp³-hybridized carbons (Fsp3) is 0.571. The summed E-state index contributed by atoms with van der Waals surface area (Å²) in [6.07, 6.45) is 5.62. The lowest BCUT2D eigenvalue weighted by Crippen LogP contribution is -2.33. The van der Waals surface area contributed by atoms with Crippen LogP contribution in [0.15, 0.2) is 23.2 Å². The Balaban J connectivity index is 2.04. The molecule has 0 aromatic carbocycles. The smallest absolute Gasteiger partial charge is 0.155 e. The third-order valence-corrected chi connectivity index (χ3v) is 4.30. The van der Waals surface area contributed by atoms with Crippen LogP contribution in [0.3, 0.4) is 0 Å². The van der Waals surface area contributed by atoms with Gasteiger partial charge in [0.05, 0.1) is 18.1 Å².